The van der Waals surface area contributed by atoms with Crippen molar-refractivity contribution in [2.24, 2.45) is 0 Å². The molecule has 0 saturated heterocycles. The summed E-state index contributed by atoms with van der Waals surface area (Å²) in [5.74, 6) is -0.629. The standard InChI is InChI=1S/C26H33FN4O4S/c1-19-8-6-9-21(16-19)31-24(17-23(29-31)26(2,3)4)28-25(32)18-30(14-7-15-35-5)36(33,34)22-12-10-20(27)11-13-22/h6,8-13,16-17H,7,14-15,18H2,1-5H3,(H,28,32). The molecule has 0 aliphatic heterocycles. The van der Waals surface area contributed by atoms with E-state index < -0.39 is 28.3 Å². The van der Waals surface area contributed by atoms with Gasteiger partial charge >= 0.3 is 0 Å². The number of halogens is 1. The minimum Gasteiger partial charge on any atom is -0.385 e. The Hall–Kier alpha value is -3.08. The number of hydrogen-bond donors (Lipinski definition) is 1. The van der Waals surface area contributed by atoms with Crippen LogP contribution in [0.3, 0.4) is 0 Å². The molecule has 8 nitrogen and oxygen atoms in total. The molecule has 1 N–H and O–H groups in total. The molecule has 1 aromatic heterocycles. The summed E-state index contributed by atoms with van der Waals surface area (Å²) in [5, 5.41) is 7.55. The maximum atomic E-state index is 13.4. The molecule has 1 amide bonds. The summed E-state index contributed by atoms with van der Waals surface area (Å²) in [4.78, 5) is 13.1. The molecule has 0 radical (unpaired) electrons. The number of rotatable bonds is 10. The third-order valence-corrected chi connectivity index (χ3v) is 7.38. The van der Waals surface area contributed by atoms with E-state index in [-0.39, 0.29) is 16.9 Å². The van der Waals surface area contributed by atoms with Gasteiger partial charge in [0.15, 0.2) is 0 Å². The zero-order valence-electron chi connectivity index (χ0n) is 21.3. The van der Waals surface area contributed by atoms with E-state index in [1.807, 2.05) is 52.0 Å². The van der Waals surface area contributed by atoms with Gasteiger partial charge in [0, 0.05) is 31.7 Å². The number of benzene rings is 2. The lowest BCUT2D eigenvalue weighted by molar-refractivity contribution is -0.116. The van der Waals surface area contributed by atoms with Gasteiger partial charge < -0.3 is 10.1 Å². The summed E-state index contributed by atoms with van der Waals surface area (Å²) < 4.78 is 47.6. The van der Waals surface area contributed by atoms with Crippen LogP contribution < -0.4 is 5.32 Å². The topological polar surface area (TPSA) is 93.5 Å². The van der Waals surface area contributed by atoms with Gasteiger partial charge in [-0.2, -0.15) is 9.40 Å². The van der Waals surface area contributed by atoms with Gasteiger partial charge in [-0.05, 0) is 55.3 Å². The SMILES string of the molecule is COCCCN(CC(=O)Nc1cc(C(C)(C)C)nn1-c1cccc(C)c1)S(=O)(=O)c1ccc(F)cc1. The molecule has 0 unspecified atom stereocenters. The molecule has 0 aliphatic carbocycles. The molecular weight excluding hydrogens is 483 g/mol. The second kappa shape index (κ2) is 11.3. The van der Waals surface area contributed by atoms with Gasteiger partial charge in [-0.1, -0.05) is 32.9 Å². The molecule has 0 atom stereocenters. The molecular formula is C26H33FN4O4S. The van der Waals surface area contributed by atoms with Crippen LogP contribution in [0.4, 0.5) is 10.2 Å². The van der Waals surface area contributed by atoms with Crippen LogP contribution in [0.1, 0.15) is 38.4 Å². The fraction of sp³-hybridized carbons (Fsp3) is 0.385. The van der Waals surface area contributed by atoms with Gasteiger partial charge in [-0.3, -0.25) is 4.79 Å². The summed E-state index contributed by atoms with van der Waals surface area (Å²) >= 11 is 0. The van der Waals surface area contributed by atoms with Crippen molar-refractivity contribution >= 4 is 21.7 Å². The number of sulfonamides is 1. The lowest BCUT2D eigenvalue weighted by Crippen LogP contribution is -2.39. The number of aromatic nitrogens is 2. The number of anilines is 1. The second-order valence-corrected chi connectivity index (χ2v) is 11.5. The summed E-state index contributed by atoms with van der Waals surface area (Å²) in [6.45, 7) is 8.00. The van der Waals surface area contributed by atoms with Crippen molar-refractivity contribution in [2.45, 2.75) is 44.4 Å². The third-order valence-electron chi connectivity index (χ3n) is 5.52. The van der Waals surface area contributed by atoms with E-state index in [0.29, 0.717) is 18.8 Å². The Morgan fingerprint density at radius 1 is 1.14 bits per heavy atom. The summed E-state index contributed by atoms with van der Waals surface area (Å²) in [6, 6.07) is 14.0. The van der Waals surface area contributed by atoms with E-state index in [9.17, 15) is 17.6 Å². The highest BCUT2D eigenvalue weighted by Gasteiger charge is 2.28. The van der Waals surface area contributed by atoms with Gasteiger partial charge in [0.05, 0.1) is 22.8 Å². The van der Waals surface area contributed by atoms with Crippen LogP contribution in [0, 0.1) is 12.7 Å². The first kappa shape index (κ1) is 27.5. The van der Waals surface area contributed by atoms with Crippen LogP contribution in [-0.4, -0.2) is 55.2 Å². The van der Waals surface area contributed by atoms with E-state index >= 15 is 0 Å². The van der Waals surface area contributed by atoms with Crippen LogP contribution in [0.25, 0.3) is 5.69 Å². The highest BCUT2D eigenvalue weighted by molar-refractivity contribution is 7.89. The second-order valence-electron chi connectivity index (χ2n) is 9.60. The van der Waals surface area contributed by atoms with Gasteiger partial charge in [0.1, 0.15) is 11.6 Å². The minimum atomic E-state index is -4.04. The van der Waals surface area contributed by atoms with Crippen molar-refractivity contribution in [1.82, 2.24) is 14.1 Å². The molecule has 0 fully saturated rings. The smallest absolute Gasteiger partial charge is 0.243 e. The Bertz CT molecular complexity index is 1300. The maximum absolute atomic E-state index is 13.4. The number of nitrogens with zero attached hydrogens (tertiary/aromatic N) is 3. The van der Waals surface area contributed by atoms with Crippen molar-refractivity contribution in [3.05, 3.63) is 71.7 Å². The molecule has 3 aromatic rings. The molecule has 2 aromatic carbocycles. The molecule has 0 bridgehead atoms. The maximum Gasteiger partial charge on any atom is 0.243 e. The number of methoxy groups -OCH3 is 1. The van der Waals surface area contributed by atoms with Gasteiger partial charge in [-0.15, -0.1) is 0 Å². The third kappa shape index (κ3) is 6.77. The molecule has 0 aliphatic rings. The van der Waals surface area contributed by atoms with Crippen molar-refractivity contribution in [3.63, 3.8) is 0 Å². The van der Waals surface area contributed by atoms with Crippen molar-refractivity contribution < 1.29 is 22.3 Å². The summed E-state index contributed by atoms with van der Waals surface area (Å²) in [7, 11) is -2.53. The molecule has 0 spiro atoms. The number of ether oxygens (including phenoxy) is 1. The average Bonchev–Trinajstić information content (AvgIpc) is 3.23. The first-order valence-corrected chi connectivity index (χ1v) is 13.1. The van der Waals surface area contributed by atoms with E-state index in [4.69, 9.17) is 9.84 Å². The van der Waals surface area contributed by atoms with Crippen molar-refractivity contribution in [3.8, 4) is 5.69 Å². The van der Waals surface area contributed by atoms with Crippen LogP contribution in [-0.2, 0) is 25.0 Å². The molecule has 1 heterocycles. The first-order valence-electron chi connectivity index (χ1n) is 11.6. The van der Waals surface area contributed by atoms with E-state index in [1.165, 1.54) is 19.2 Å². The van der Waals surface area contributed by atoms with E-state index in [0.717, 1.165) is 33.4 Å². The Balaban J connectivity index is 1.90. The van der Waals surface area contributed by atoms with Crippen LogP contribution in [0.5, 0.6) is 0 Å². The van der Waals surface area contributed by atoms with Gasteiger partial charge in [-0.25, -0.2) is 17.5 Å². The quantitative estimate of drug-likeness (QED) is 0.406. The number of carbonyl (C=O) groups excluding carboxylic acids is 1. The highest BCUT2D eigenvalue weighted by atomic mass is 32.2. The predicted molar refractivity (Wildman–Crippen MR) is 137 cm³/mol. The summed E-state index contributed by atoms with van der Waals surface area (Å²) in [6.07, 6.45) is 0.388. The van der Waals surface area contributed by atoms with E-state index in [2.05, 4.69) is 5.32 Å². The minimum absolute atomic E-state index is 0.0609. The lowest BCUT2D eigenvalue weighted by atomic mass is 9.92. The zero-order chi connectivity index (χ0) is 26.5. The summed E-state index contributed by atoms with van der Waals surface area (Å²) in [5.41, 5.74) is 2.31. The van der Waals surface area contributed by atoms with E-state index in [1.54, 1.807) is 10.7 Å². The van der Waals surface area contributed by atoms with Crippen molar-refractivity contribution in [2.75, 3.05) is 32.1 Å². The van der Waals surface area contributed by atoms with Crippen LogP contribution >= 0.6 is 0 Å². The number of carbonyl (C=O) groups is 1. The fourth-order valence-electron chi connectivity index (χ4n) is 3.56. The number of hydrogen-bond acceptors (Lipinski definition) is 5. The molecule has 0 saturated carbocycles. The predicted octanol–water partition coefficient (Wildman–Crippen LogP) is 4.28. The first-order chi connectivity index (χ1) is 16.9. The molecule has 3 rings (SSSR count). The van der Waals surface area contributed by atoms with Gasteiger partial charge in [0.2, 0.25) is 15.9 Å². The Morgan fingerprint density at radius 2 is 1.83 bits per heavy atom. The lowest BCUT2D eigenvalue weighted by Gasteiger charge is -2.22. The molecule has 36 heavy (non-hydrogen) atoms. The van der Waals surface area contributed by atoms with Crippen molar-refractivity contribution in [1.29, 1.82) is 0 Å². The van der Waals surface area contributed by atoms with Crippen LogP contribution in [0.15, 0.2) is 59.5 Å². The largest absolute Gasteiger partial charge is 0.385 e. The van der Waals surface area contributed by atoms with Crippen LogP contribution in [0.2, 0.25) is 0 Å². The monoisotopic (exact) mass is 516 g/mol. The normalized spacial score (nSPS) is 12.2. The number of nitrogens with one attached hydrogen (secondary N) is 1. The molecule has 194 valence electrons. The zero-order valence-corrected chi connectivity index (χ0v) is 22.1. The fourth-order valence-corrected chi connectivity index (χ4v) is 5.00. The number of amides is 1. The Morgan fingerprint density at radius 3 is 2.44 bits per heavy atom. The Kier molecular flexibility index (Phi) is 8.65. The Labute approximate surface area is 212 Å². The number of aryl methyl sites for hydroxylation is 1. The average molecular weight is 517 g/mol. The van der Waals surface area contributed by atoms with Gasteiger partial charge in [0.25, 0.3) is 0 Å². The molecule has 10 heteroatoms. The highest BCUT2D eigenvalue weighted by Crippen LogP contribution is 2.27.